The number of para-hydroxylation sites is 2. The van der Waals surface area contributed by atoms with E-state index in [1.165, 1.54) is 12.1 Å². The summed E-state index contributed by atoms with van der Waals surface area (Å²) in [6.07, 6.45) is 5.14. The Kier molecular flexibility index (Phi) is 4.85. The topological polar surface area (TPSA) is 93.1 Å². The van der Waals surface area contributed by atoms with Gasteiger partial charge in [-0.15, -0.1) is 6.42 Å². The third-order valence-electron chi connectivity index (χ3n) is 2.84. The molecule has 116 valence electrons. The van der Waals surface area contributed by atoms with Gasteiger partial charge < -0.3 is 19.7 Å². The lowest BCUT2D eigenvalue weighted by molar-refractivity contribution is 0.0678. The Hall–Kier alpha value is -3.46. The molecule has 0 aromatic heterocycles. The van der Waals surface area contributed by atoms with Crippen LogP contribution in [-0.4, -0.2) is 28.8 Å². The summed E-state index contributed by atoms with van der Waals surface area (Å²) in [4.78, 5) is 22.3. The summed E-state index contributed by atoms with van der Waals surface area (Å²) in [7, 11) is 0. The molecular formula is C17H12O6. The van der Waals surface area contributed by atoms with Crippen LogP contribution in [0, 0.1) is 12.3 Å². The Labute approximate surface area is 131 Å². The first-order valence-electron chi connectivity index (χ1n) is 6.46. The minimum absolute atomic E-state index is 0.0152. The van der Waals surface area contributed by atoms with Crippen LogP contribution in [0.15, 0.2) is 42.5 Å². The zero-order chi connectivity index (χ0) is 16.8. The van der Waals surface area contributed by atoms with E-state index in [9.17, 15) is 14.7 Å². The maximum atomic E-state index is 11.3. The van der Waals surface area contributed by atoms with Gasteiger partial charge in [0.1, 0.15) is 17.9 Å². The maximum absolute atomic E-state index is 11.3. The summed E-state index contributed by atoms with van der Waals surface area (Å²) in [6.45, 7) is 0.0152. The Morgan fingerprint density at radius 3 is 2.30 bits per heavy atom. The number of rotatable bonds is 6. The number of aromatic carboxylic acids is 2. The van der Waals surface area contributed by atoms with E-state index in [4.69, 9.17) is 21.0 Å². The molecule has 0 heterocycles. The summed E-state index contributed by atoms with van der Waals surface area (Å²) < 4.78 is 10.9. The van der Waals surface area contributed by atoms with Crippen molar-refractivity contribution in [3.05, 3.63) is 53.6 Å². The lowest BCUT2D eigenvalue weighted by atomic mass is 10.1. The average molecular weight is 312 g/mol. The van der Waals surface area contributed by atoms with Crippen molar-refractivity contribution in [2.24, 2.45) is 0 Å². The molecule has 0 aliphatic carbocycles. The van der Waals surface area contributed by atoms with Crippen LogP contribution in [0.2, 0.25) is 0 Å². The van der Waals surface area contributed by atoms with E-state index in [0.29, 0.717) is 5.75 Å². The Morgan fingerprint density at radius 1 is 1.00 bits per heavy atom. The second-order valence-electron chi connectivity index (χ2n) is 4.36. The lowest BCUT2D eigenvalue weighted by Crippen LogP contribution is -2.04. The van der Waals surface area contributed by atoms with Crippen molar-refractivity contribution in [1.82, 2.24) is 0 Å². The maximum Gasteiger partial charge on any atom is 0.339 e. The van der Waals surface area contributed by atoms with Gasteiger partial charge in [-0.25, -0.2) is 9.59 Å². The summed E-state index contributed by atoms with van der Waals surface area (Å²) in [5.41, 5.74) is -0.256. The van der Waals surface area contributed by atoms with Gasteiger partial charge in [0.05, 0.1) is 5.56 Å². The van der Waals surface area contributed by atoms with Crippen molar-refractivity contribution in [2.45, 2.75) is 0 Å². The number of carboxylic acid groups (broad SMARTS) is 2. The highest BCUT2D eigenvalue weighted by molar-refractivity contribution is 5.94. The molecule has 0 saturated heterocycles. The van der Waals surface area contributed by atoms with Crippen LogP contribution in [0.5, 0.6) is 17.2 Å². The third-order valence-corrected chi connectivity index (χ3v) is 2.84. The van der Waals surface area contributed by atoms with Crippen LogP contribution < -0.4 is 9.47 Å². The van der Waals surface area contributed by atoms with E-state index >= 15 is 0 Å². The van der Waals surface area contributed by atoms with Gasteiger partial charge in [0.15, 0.2) is 11.5 Å². The Bertz CT molecular complexity index is 788. The standard InChI is InChI=1S/C17H12O6/c1-2-9-22-13-5-3-4-6-14(13)23-15-10-11(16(18)19)7-8-12(15)17(20)21/h1,3-8,10H,9H2,(H,18,19)(H,20,21). The van der Waals surface area contributed by atoms with Gasteiger partial charge in [-0.05, 0) is 30.3 Å². The van der Waals surface area contributed by atoms with Crippen molar-refractivity contribution in [3.63, 3.8) is 0 Å². The number of benzene rings is 2. The lowest BCUT2D eigenvalue weighted by Gasteiger charge is -2.13. The van der Waals surface area contributed by atoms with Crippen molar-refractivity contribution in [2.75, 3.05) is 6.61 Å². The number of terminal acetylenes is 1. The second-order valence-corrected chi connectivity index (χ2v) is 4.36. The minimum Gasteiger partial charge on any atom is -0.478 e. The van der Waals surface area contributed by atoms with Gasteiger partial charge in [0.2, 0.25) is 0 Å². The van der Waals surface area contributed by atoms with Crippen LogP contribution in [0.3, 0.4) is 0 Å². The number of ether oxygens (including phenoxy) is 2. The van der Waals surface area contributed by atoms with Crippen LogP contribution in [0.25, 0.3) is 0 Å². The van der Waals surface area contributed by atoms with E-state index in [2.05, 4.69) is 5.92 Å². The van der Waals surface area contributed by atoms with Crippen molar-refractivity contribution in [3.8, 4) is 29.6 Å². The Balaban J connectivity index is 2.43. The summed E-state index contributed by atoms with van der Waals surface area (Å²) in [5, 5.41) is 18.2. The number of hydrogen-bond acceptors (Lipinski definition) is 4. The van der Waals surface area contributed by atoms with E-state index < -0.39 is 11.9 Å². The predicted molar refractivity (Wildman–Crippen MR) is 81.2 cm³/mol. The molecule has 0 radical (unpaired) electrons. The normalized spacial score (nSPS) is 9.70. The van der Waals surface area contributed by atoms with Gasteiger partial charge in [-0.3, -0.25) is 0 Å². The molecule has 6 nitrogen and oxygen atoms in total. The molecule has 0 unspecified atom stereocenters. The molecule has 2 N–H and O–H groups in total. The van der Waals surface area contributed by atoms with E-state index in [1.54, 1.807) is 24.3 Å². The summed E-state index contributed by atoms with van der Waals surface area (Å²) in [5.74, 6) is 0.332. The van der Waals surface area contributed by atoms with Crippen LogP contribution in [0.4, 0.5) is 0 Å². The van der Waals surface area contributed by atoms with Crippen molar-refractivity contribution in [1.29, 1.82) is 0 Å². The zero-order valence-electron chi connectivity index (χ0n) is 11.9. The van der Waals surface area contributed by atoms with Crippen LogP contribution >= 0.6 is 0 Å². The largest absolute Gasteiger partial charge is 0.478 e. The summed E-state index contributed by atoms with van der Waals surface area (Å²) >= 11 is 0. The van der Waals surface area contributed by atoms with Crippen LogP contribution in [0.1, 0.15) is 20.7 Å². The van der Waals surface area contributed by atoms with Gasteiger partial charge in [-0.2, -0.15) is 0 Å². The van der Waals surface area contributed by atoms with Gasteiger partial charge in [-0.1, -0.05) is 18.1 Å². The van der Waals surface area contributed by atoms with E-state index in [0.717, 1.165) is 6.07 Å². The average Bonchev–Trinajstić information content (AvgIpc) is 2.53. The quantitative estimate of drug-likeness (QED) is 0.797. The van der Waals surface area contributed by atoms with Gasteiger partial charge >= 0.3 is 11.9 Å². The fourth-order valence-electron chi connectivity index (χ4n) is 1.81. The van der Waals surface area contributed by atoms with E-state index in [-0.39, 0.29) is 29.2 Å². The first-order chi connectivity index (χ1) is 11.0. The van der Waals surface area contributed by atoms with E-state index in [1.807, 2.05) is 0 Å². The molecular weight excluding hydrogens is 300 g/mol. The predicted octanol–water partition coefficient (Wildman–Crippen LogP) is 2.89. The number of carboxylic acids is 2. The molecule has 2 rings (SSSR count). The monoisotopic (exact) mass is 312 g/mol. The first-order valence-corrected chi connectivity index (χ1v) is 6.46. The molecule has 0 bridgehead atoms. The molecule has 0 atom stereocenters. The molecule has 23 heavy (non-hydrogen) atoms. The number of carbonyl (C=O) groups is 2. The highest BCUT2D eigenvalue weighted by Gasteiger charge is 2.17. The molecule has 0 saturated carbocycles. The highest BCUT2D eigenvalue weighted by atomic mass is 16.5. The molecule has 0 amide bonds. The second kappa shape index (κ2) is 7.00. The number of hydrogen-bond donors (Lipinski definition) is 2. The SMILES string of the molecule is C#CCOc1ccccc1Oc1cc(C(=O)O)ccc1C(=O)O. The van der Waals surface area contributed by atoms with Gasteiger partial charge in [0.25, 0.3) is 0 Å². The fraction of sp³-hybridized carbons (Fsp3) is 0.0588. The molecule has 0 aliphatic heterocycles. The van der Waals surface area contributed by atoms with Crippen molar-refractivity contribution < 1.29 is 29.3 Å². The molecule has 0 fully saturated rings. The zero-order valence-corrected chi connectivity index (χ0v) is 11.9. The molecule has 0 spiro atoms. The fourth-order valence-corrected chi connectivity index (χ4v) is 1.81. The molecule has 2 aromatic carbocycles. The smallest absolute Gasteiger partial charge is 0.339 e. The third kappa shape index (κ3) is 3.80. The molecule has 2 aromatic rings. The minimum atomic E-state index is -1.24. The van der Waals surface area contributed by atoms with Crippen molar-refractivity contribution >= 4 is 11.9 Å². The first kappa shape index (κ1) is 15.9. The Morgan fingerprint density at radius 2 is 1.70 bits per heavy atom. The molecule has 0 aliphatic rings. The summed E-state index contributed by atoms with van der Waals surface area (Å²) in [6, 6.07) is 10.0. The van der Waals surface area contributed by atoms with Gasteiger partial charge in [0, 0.05) is 0 Å². The van der Waals surface area contributed by atoms with Crippen LogP contribution in [-0.2, 0) is 0 Å². The molecule has 6 heteroatoms. The highest BCUT2D eigenvalue weighted by Crippen LogP contribution is 2.33.